The quantitative estimate of drug-likeness (QED) is 0.834. The summed E-state index contributed by atoms with van der Waals surface area (Å²) in [6, 6.07) is 0. The first kappa shape index (κ1) is 17.9. The Kier molecular flexibility index (Phi) is 6.61. The number of carbonyl (C=O) groups is 2. The number of hydrogen-bond donors (Lipinski definition) is 1. The van der Waals surface area contributed by atoms with Gasteiger partial charge in [-0.3, -0.25) is 4.79 Å². The number of Topliss-reactive ketones (excluding diaryl/α,β-unsaturated/α-hetero) is 1. The Balaban J connectivity index is 2.53. The molecule has 1 rings (SSSR count). The van der Waals surface area contributed by atoms with Gasteiger partial charge in [0.2, 0.25) is 0 Å². The van der Waals surface area contributed by atoms with Crippen LogP contribution in [0.1, 0.15) is 40.5 Å². The van der Waals surface area contributed by atoms with Crippen molar-refractivity contribution in [2.24, 2.45) is 5.92 Å². The van der Waals surface area contributed by atoms with Crippen LogP contribution in [0, 0.1) is 5.92 Å². The summed E-state index contributed by atoms with van der Waals surface area (Å²) in [6.07, 6.45) is -0.458. The molecule has 1 saturated heterocycles. The van der Waals surface area contributed by atoms with E-state index in [4.69, 9.17) is 9.47 Å². The van der Waals surface area contributed by atoms with Gasteiger partial charge in [0.05, 0.1) is 12.7 Å². The summed E-state index contributed by atoms with van der Waals surface area (Å²) in [5.41, 5.74) is -0.553. The predicted octanol–water partition coefficient (Wildman–Crippen LogP) is 1.60. The third-order valence-corrected chi connectivity index (χ3v) is 3.25. The number of rotatable bonds is 5. The summed E-state index contributed by atoms with van der Waals surface area (Å²) in [6.45, 7) is 8.70. The molecule has 1 aliphatic heterocycles. The fraction of sp³-hybridized carbons (Fsp3) is 0.867. The predicted molar refractivity (Wildman–Crippen MR) is 78.0 cm³/mol. The SMILES string of the molecule is CCOCC(O)CC1CN(C(=O)OC(C)(C)C)CCC1=O. The molecular weight excluding hydrogens is 274 g/mol. The number of ketones is 1. The van der Waals surface area contributed by atoms with Crippen LogP contribution in [0.3, 0.4) is 0 Å². The normalized spacial score (nSPS) is 21.3. The Labute approximate surface area is 126 Å². The van der Waals surface area contributed by atoms with Crippen molar-refractivity contribution in [2.75, 3.05) is 26.3 Å². The molecule has 2 unspecified atom stereocenters. The summed E-state index contributed by atoms with van der Waals surface area (Å²) < 4.78 is 10.5. The van der Waals surface area contributed by atoms with Gasteiger partial charge in [0.1, 0.15) is 11.4 Å². The van der Waals surface area contributed by atoms with E-state index < -0.39 is 17.8 Å². The number of ether oxygens (including phenoxy) is 2. The average Bonchev–Trinajstić information content (AvgIpc) is 2.36. The second kappa shape index (κ2) is 7.75. The van der Waals surface area contributed by atoms with E-state index in [0.29, 0.717) is 32.5 Å². The Morgan fingerprint density at radius 3 is 2.71 bits per heavy atom. The number of hydrogen-bond acceptors (Lipinski definition) is 5. The standard InChI is InChI=1S/C15H27NO5/c1-5-20-10-12(17)8-11-9-16(7-6-13(11)18)14(19)21-15(2,3)4/h11-12,17H,5-10H2,1-4H3. The summed E-state index contributed by atoms with van der Waals surface area (Å²) in [4.78, 5) is 25.5. The van der Waals surface area contributed by atoms with Gasteiger partial charge < -0.3 is 19.5 Å². The highest BCUT2D eigenvalue weighted by atomic mass is 16.6. The first-order chi connectivity index (χ1) is 9.73. The van der Waals surface area contributed by atoms with Crippen LogP contribution in [0.25, 0.3) is 0 Å². The van der Waals surface area contributed by atoms with Crippen LogP contribution >= 0.6 is 0 Å². The van der Waals surface area contributed by atoms with E-state index in [9.17, 15) is 14.7 Å². The number of carbonyl (C=O) groups excluding carboxylic acids is 2. The van der Waals surface area contributed by atoms with E-state index in [0.717, 1.165) is 0 Å². The van der Waals surface area contributed by atoms with E-state index in [1.807, 2.05) is 27.7 Å². The number of likely N-dealkylation sites (tertiary alicyclic amines) is 1. The van der Waals surface area contributed by atoms with Crippen LogP contribution in [0.15, 0.2) is 0 Å². The van der Waals surface area contributed by atoms with Gasteiger partial charge in [-0.15, -0.1) is 0 Å². The molecule has 122 valence electrons. The van der Waals surface area contributed by atoms with Gasteiger partial charge in [0, 0.05) is 32.0 Å². The maximum atomic E-state index is 12.0. The summed E-state index contributed by atoms with van der Waals surface area (Å²) in [5, 5.41) is 9.85. The molecule has 6 nitrogen and oxygen atoms in total. The molecule has 0 aromatic carbocycles. The fourth-order valence-electron chi connectivity index (χ4n) is 2.26. The molecule has 0 radical (unpaired) electrons. The van der Waals surface area contributed by atoms with Crippen molar-refractivity contribution in [3.05, 3.63) is 0 Å². The van der Waals surface area contributed by atoms with E-state index in [1.165, 1.54) is 0 Å². The first-order valence-corrected chi connectivity index (χ1v) is 7.49. The molecule has 0 spiro atoms. The molecular formula is C15H27NO5. The number of aliphatic hydroxyl groups excluding tert-OH is 1. The van der Waals surface area contributed by atoms with E-state index in [-0.39, 0.29) is 18.3 Å². The highest BCUT2D eigenvalue weighted by Gasteiger charge is 2.33. The van der Waals surface area contributed by atoms with Crippen LogP contribution in [0.5, 0.6) is 0 Å². The highest BCUT2D eigenvalue weighted by molar-refractivity contribution is 5.84. The Bertz CT molecular complexity index is 364. The molecule has 1 amide bonds. The molecule has 0 aromatic rings. The van der Waals surface area contributed by atoms with E-state index in [2.05, 4.69) is 0 Å². The third kappa shape index (κ3) is 6.44. The van der Waals surface area contributed by atoms with Crippen LogP contribution < -0.4 is 0 Å². The molecule has 6 heteroatoms. The van der Waals surface area contributed by atoms with Crippen molar-refractivity contribution in [1.82, 2.24) is 4.90 Å². The lowest BCUT2D eigenvalue weighted by molar-refractivity contribution is -0.127. The molecule has 2 atom stereocenters. The molecule has 1 fully saturated rings. The lowest BCUT2D eigenvalue weighted by Gasteiger charge is -2.34. The van der Waals surface area contributed by atoms with Crippen LogP contribution in [0.2, 0.25) is 0 Å². The van der Waals surface area contributed by atoms with Crippen molar-refractivity contribution in [1.29, 1.82) is 0 Å². The minimum atomic E-state index is -0.683. The largest absolute Gasteiger partial charge is 0.444 e. The summed E-state index contributed by atoms with van der Waals surface area (Å²) in [5.74, 6) is -0.257. The van der Waals surface area contributed by atoms with Gasteiger partial charge in [-0.1, -0.05) is 0 Å². The second-order valence-corrected chi connectivity index (χ2v) is 6.39. The molecule has 1 N–H and O–H groups in total. The Morgan fingerprint density at radius 1 is 1.48 bits per heavy atom. The molecule has 0 aliphatic carbocycles. The van der Waals surface area contributed by atoms with Crippen molar-refractivity contribution in [2.45, 2.75) is 52.2 Å². The van der Waals surface area contributed by atoms with E-state index in [1.54, 1.807) is 4.90 Å². The maximum Gasteiger partial charge on any atom is 0.410 e. The van der Waals surface area contributed by atoms with Crippen LogP contribution in [-0.2, 0) is 14.3 Å². The van der Waals surface area contributed by atoms with Gasteiger partial charge in [-0.05, 0) is 34.1 Å². The van der Waals surface area contributed by atoms with Crippen LogP contribution in [0.4, 0.5) is 4.79 Å². The third-order valence-electron chi connectivity index (χ3n) is 3.25. The lowest BCUT2D eigenvalue weighted by atomic mass is 9.91. The fourth-order valence-corrected chi connectivity index (χ4v) is 2.26. The van der Waals surface area contributed by atoms with Gasteiger partial charge in [0.15, 0.2) is 0 Å². The Morgan fingerprint density at radius 2 is 2.14 bits per heavy atom. The van der Waals surface area contributed by atoms with Crippen molar-refractivity contribution in [3.63, 3.8) is 0 Å². The summed E-state index contributed by atoms with van der Waals surface area (Å²) >= 11 is 0. The van der Waals surface area contributed by atoms with Crippen LogP contribution in [-0.4, -0.2) is 59.9 Å². The van der Waals surface area contributed by atoms with Crippen molar-refractivity contribution in [3.8, 4) is 0 Å². The Hall–Kier alpha value is -1.14. The molecule has 0 aromatic heterocycles. The molecule has 0 saturated carbocycles. The number of nitrogens with zero attached hydrogens (tertiary/aromatic N) is 1. The number of amides is 1. The van der Waals surface area contributed by atoms with Crippen molar-refractivity contribution < 1.29 is 24.2 Å². The summed E-state index contributed by atoms with van der Waals surface area (Å²) in [7, 11) is 0. The zero-order valence-corrected chi connectivity index (χ0v) is 13.4. The minimum absolute atomic E-state index is 0.0883. The van der Waals surface area contributed by atoms with Gasteiger partial charge in [-0.2, -0.15) is 0 Å². The van der Waals surface area contributed by atoms with Gasteiger partial charge in [0.25, 0.3) is 0 Å². The molecule has 0 bridgehead atoms. The first-order valence-electron chi connectivity index (χ1n) is 7.49. The van der Waals surface area contributed by atoms with E-state index >= 15 is 0 Å². The smallest absolute Gasteiger partial charge is 0.410 e. The monoisotopic (exact) mass is 301 g/mol. The zero-order valence-electron chi connectivity index (χ0n) is 13.4. The molecule has 1 heterocycles. The minimum Gasteiger partial charge on any atom is -0.444 e. The molecule has 1 aliphatic rings. The molecule has 21 heavy (non-hydrogen) atoms. The lowest BCUT2D eigenvalue weighted by Crippen LogP contribution is -2.47. The maximum absolute atomic E-state index is 12.0. The van der Waals surface area contributed by atoms with Gasteiger partial charge >= 0.3 is 6.09 Å². The number of piperidine rings is 1. The van der Waals surface area contributed by atoms with Gasteiger partial charge in [-0.25, -0.2) is 4.79 Å². The zero-order chi connectivity index (χ0) is 16.0. The van der Waals surface area contributed by atoms with Crippen molar-refractivity contribution >= 4 is 11.9 Å². The average molecular weight is 301 g/mol. The number of aliphatic hydroxyl groups is 1. The highest BCUT2D eigenvalue weighted by Crippen LogP contribution is 2.20. The second-order valence-electron chi connectivity index (χ2n) is 6.39. The topological polar surface area (TPSA) is 76.1 Å².